The van der Waals surface area contributed by atoms with Gasteiger partial charge in [0, 0.05) is 36.2 Å². The lowest BCUT2D eigenvalue weighted by molar-refractivity contribution is 0.0949. The average Bonchev–Trinajstić information content (AvgIpc) is 3.53. The number of pyridine rings is 2. The highest BCUT2D eigenvalue weighted by atomic mass is 16.2. The molecule has 4 aromatic rings. The zero-order valence-corrected chi connectivity index (χ0v) is 19.5. The minimum Gasteiger partial charge on any atom is -0.346 e. The maximum atomic E-state index is 13.3. The van der Waals surface area contributed by atoms with E-state index in [2.05, 4.69) is 25.4 Å². The predicted octanol–water partition coefficient (Wildman–Crippen LogP) is 3.37. The number of nitrogens with one attached hydrogen (secondary N) is 1. The van der Waals surface area contributed by atoms with Crippen LogP contribution < -0.4 is 10.2 Å². The Balaban J connectivity index is 1.47. The summed E-state index contributed by atoms with van der Waals surface area (Å²) in [5, 5.41) is 7.56. The standard InChI is InChI=1S/C26H25N7O2/c1-17(2)33-16-30-24(31-33)21-15-32(26(35)22-8-4-6-12-28-22)23-10-9-18(13-20(21)23)25(34)29-14-19-7-3-5-11-27-19/h3-13,16-17,21H,14-15H2,1-2H3,(H,29,34)/t21-/m0/s1. The van der Waals surface area contributed by atoms with Gasteiger partial charge in [-0.15, -0.1) is 0 Å². The first-order valence-corrected chi connectivity index (χ1v) is 11.5. The van der Waals surface area contributed by atoms with E-state index in [1.54, 1.807) is 52.6 Å². The van der Waals surface area contributed by atoms with Gasteiger partial charge < -0.3 is 10.2 Å². The van der Waals surface area contributed by atoms with E-state index in [1.807, 2.05) is 44.2 Å². The lowest BCUT2D eigenvalue weighted by Crippen LogP contribution is -2.30. The summed E-state index contributed by atoms with van der Waals surface area (Å²) in [5.41, 5.74) is 3.20. The molecule has 0 bridgehead atoms. The number of aromatic nitrogens is 5. The molecule has 0 aliphatic carbocycles. The van der Waals surface area contributed by atoms with Gasteiger partial charge in [0.05, 0.1) is 18.2 Å². The quantitative estimate of drug-likeness (QED) is 0.466. The van der Waals surface area contributed by atoms with Crippen LogP contribution in [-0.4, -0.2) is 43.1 Å². The summed E-state index contributed by atoms with van der Waals surface area (Å²) in [4.78, 5) is 40.9. The lowest BCUT2D eigenvalue weighted by atomic mass is 9.98. The average molecular weight is 468 g/mol. The van der Waals surface area contributed by atoms with Crippen LogP contribution in [0.3, 0.4) is 0 Å². The van der Waals surface area contributed by atoms with E-state index in [0.717, 1.165) is 16.9 Å². The van der Waals surface area contributed by atoms with E-state index in [-0.39, 0.29) is 23.8 Å². The van der Waals surface area contributed by atoms with E-state index in [4.69, 9.17) is 0 Å². The van der Waals surface area contributed by atoms with Crippen LogP contribution in [-0.2, 0) is 6.54 Å². The first-order chi connectivity index (χ1) is 17.0. The molecule has 9 heteroatoms. The van der Waals surface area contributed by atoms with Gasteiger partial charge in [-0.2, -0.15) is 5.10 Å². The fraction of sp³-hybridized carbons (Fsp3) is 0.231. The van der Waals surface area contributed by atoms with Gasteiger partial charge >= 0.3 is 0 Å². The second-order valence-corrected chi connectivity index (χ2v) is 8.64. The van der Waals surface area contributed by atoms with Crippen molar-refractivity contribution in [1.82, 2.24) is 30.0 Å². The molecule has 176 valence electrons. The summed E-state index contributed by atoms with van der Waals surface area (Å²) in [7, 11) is 0. The number of carbonyl (C=O) groups is 2. The second kappa shape index (κ2) is 9.46. The third-order valence-electron chi connectivity index (χ3n) is 5.97. The molecule has 0 unspecified atom stereocenters. The fourth-order valence-electron chi connectivity index (χ4n) is 4.11. The van der Waals surface area contributed by atoms with Crippen LogP contribution in [0.2, 0.25) is 0 Å². The SMILES string of the molecule is CC(C)n1cnc([C@H]2CN(C(=O)c3ccccn3)c3ccc(C(=O)NCc4ccccn4)cc32)n1. The Morgan fingerprint density at radius 3 is 2.51 bits per heavy atom. The van der Waals surface area contributed by atoms with Crippen LogP contribution in [0.1, 0.15) is 63.7 Å². The molecule has 1 atom stereocenters. The number of nitrogens with zero attached hydrogens (tertiary/aromatic N) is 6. The molecule has 0 spiro atoms. The van der Waals surface area contributed by atoms with Gasteiger partial charge in [0.25, 0.3) is 11.8 Å². The zero-order valence-electron chi connectivity index (χ0n) is 19.5. The topological polar surface area (TPSA) is 106 Å². The molecule has 2 amide bonds. The zero-order chi connectivity index (χ0) is 24.4. The molecule has 1 N–H and O–H groups in total. The van der Waals surface area contributed by atoms with E-state index < -0.39 is 0 Å². The number of fused-ring (bicyclic) bond motifs is 1. The molecule has 9 nitrogen and oxygen atoms in total. The normalized spacial score (nSPS) is 14.7. The van der Waals surface area contributed by atoms with Crippen molar-refractivity contribution in [3.8, 4) is 0 Å². The van der Waals surface area contributed by atoms with Crippen LogP contribution in [0, 0.1) is 0 Å². The van der Waals surface area contributed by atoms with Crippen molar-refractivity contribution in [2.75, 3.05) is 11.4 Å². The van der Waals surface area contributed by atoms with Crippen molar-refractivity contribution >= 4 is 17.5 Å². The van der Waals surface area contributed by atoms with Crippen LogP contribution in [0.4, 0.5) is 5.69 Å². The maximum Gasteiger partial charge on any atom is 0.276 e. The van der Waals surface area contributed by atoms with E-state index in [1.165, 1.54) is 0 Å². The number of amides is 2. The number of rotatable bonds is 6. The van der Waals surface area contributed by atoms with Gasteiger partial charge in [0.15, 0.2) is 5.82 Å². The van der Waals surface area contributed by atoms with Crippen molar-refractivity contribution < 1.29 is 9.59 Å². The van der Waals surface area contributed by atoms with Crippen LogP contribution in [0.5, 0.6) is 0 Å². The number of benzene rings is 1. The highest BCUT2D eigenvalue weighted by Crippen LogP contribution is 2.40. The summed E-state index contributed by atoms with van der Waals surface area (Å²) in [6.07, 6.45) is 4.99. The summed E-state index contributed by atoms with van der Waals surface area (Å²) >= 11 is 0. The molecule has 0 fully saturated rings. The van der Waals surface area contributed by atoms with Crippen LogP contribution >= 0.6 is 0 Å². The monoisotopic (exact) mass is 467 g/mol. The summed E-state index contributed by atoms with van der Waals surface area (Å²) in [6, 6.07) is 16.4. The fourth-order valence-corrected chi connectivity index (χ4v) is 4.11. The van der Waals surface area contributed by atoms with Crippen LogP contribution in [0.15, 0.2) is 73.3 Å². The largest absolute Gasteiger partial charge is 0.346 e. The number of hydrogen-bond acceptors (Lipinski definition) is 6. The molecule has 35 heavy (non-hydrogen) atoms. The summed E-state index contributed by atoms with van der Waals surface area (Å²) in [6.45, 7) is 4.75. The van der Waals surface area contributed by atoms with Gasteiger partial charge in [-0.3, -0.25) is 24.2 Å². The molecule has 0 saturated carbocycles. The number of anilines is 1. The van der Waals surface area contributed by atoms with Crippen molar-refractivity contribution in [1.29, 1.82) is 0 Å². The molecule has 1 aliphatic rings. The van der Waals surface area contributed by atoms with Gasteiger partial charge in [-0.1, -0.05) is 12.1 Å². The third-order valence-corrected chi connectivity index (χ3v) is 5.97. The van der Waals surface area contributed by atoms with Gasteiger partial charge in [0.2, 0.25) is 0 Å². The van der Waals surface area contributed by atoms with Gasteiger partial charge in [0.1, 0.15) is 12.0 Å². The Labute approximate surface area is 202 Å². The third kappa shape index (κ3) is 4.52. The summed E-state index contributed by atoms with van der Waals surface area (Å²) < 4.78 is 1.79. The predicted molar refractivity (Wildman–Crippen MR) is 130 cm³/mol. The van der Waals surface area contributed by atoms with Crippen molar-refractivity contribution in [2.24, 2.45) is 0 Å². The Bertz CT molecular complexity index is 1350. The Morgan fingerprint density at radius 2 is 1.83 bits per heavy atom. The lowest BCUT2D eigenvalue weighted by Gasteiger charge is -2.17. The first kappa shape index (κ1) is 22.4. The number of hydrogen-bond donors (Lipinski definition) is 1. The molecular formula is C26H25N7O2. The Kier molecular flexibility index (Phi) is 6.05. The first-order valence-electron chi connectivity index (χ1n) is 11.5. The van der Waals surface area contributed by atoms with E-state index in [9.17, 15) is 9.59 Å². The molecule has 3 aromatic heterocycles. The number of carbonyl (C=O) groups excluding carboxylic acids is 2. The highest BCUT2D eigenvalue weighted by Gasteiger charge is 2.37. The van der Waals surface area contributed by atoms with Crippen molar-refractivity contribution in [2.45, 2.75) is 32.4 Å². The van der Waals surface area contributed by atoms with Crippen LogP contribution in [0.25, 0.3) is 0 Å². The smallest absolute Gasteiger partial charge is 0.276 e. The highest BCUT2D eigenvalue weighted by molar-refractivity contribution is 6.07. The molecular weight excluding hydrogens is 442 g/mol. The molecule has 0 saturated heterocycles. The Morgan fingerprint density at radius 1 is 1.03 bits per heavy atom. The Hall–Kier alpha value is -4.40. The molecule has 1 aliphatic heterocycles. The van der Waals surface area contributed by atoms with Crippen molar-refractivity contribution in [3.05, 3.63) is 102 Å². The molecule has 1 aromatic carbocycles. The van der Waals surface area contributed by atoms with Gasteiger partial charge in [-0.05, 0) is 61.9 Å². The minimum atomic E-state index is -0.263. The second-order valence-electron chi connectivity index (χ2n) is 8.64. The van der Waals surface area contributed by atoms with E-state index in [0.29, 0.717) is 30.2 Å². The minimum absolute atomic E-state index is 0.159. The van der Waals surface area contributed by atoms with Crippen molar-refractivity contribution in [3.63, 3.8) is 0 Å². The molecule has 5 rings (SSSR count). The van der Waals surface area contributed by atoms with E-state index >= 15 is 0 Å². The maximum absolute atomic E-state index is 13.3. The summed E-state index contributed by atoms with van der Waals surface area (Å²) in [5.74, 6) is -0.0686. The molecule has 4 heterocycles. The molecule has 0 radical (unpaired) electrons. The van der Waals surface area contributed by atoms with Gasteiger partial charge in [-0.25, -0.2) is 4.98 Å².